The van der Waals surface area contributed by atoms with Crippen LogP contribution in [0.2, 0.25) is 0 Å². The average molecular weight is 455 g/mol. The maximum atomic E-state index is 12.9. The number of aliphatic hydroxyl groups is 1. The molecule has 3 heteroatoms. The van der Waals surface area contributed by atoms with E-state index in [4.69, 9.17) is 0 Å². The third-order valence-electron chi connectivity index (χ3n) is 13.2. The Morgan fingerprint density at radius 3 is 2.33 bits per heavy atom. The molecule has 0 aromatic heterocycles. The molecular weight excluding hydrogens is 408 g/mol. The Bertz CT molecular complexity index is 874. The van der Waals surface area contributed by atoms with Crippen LogP contribution < -0.4 is 0 Å². The first-order valence-electron chi connectivity index (χ1n) is 13.7. The van der Waals surface area contributed by atoms with E-state index >= 15 is 0 Å². The Labute approximate surface area is 201 Å². The van der Waals surface area contributed by atoms with Crippen molar-refractivity contribution in [3.8, 4) is 0 Å². The first kappa shape index (κ1) is 23.8. The SMILES string of the molecule is C=C(CO)[C@@H]1CC[C@]2(C=O)CC[C@]3(C)C(CCC4[C@@]5(C)CCC(=O)C(C)(C)C5CC[C@]43C)C12. The van der Waals surface area contributed by atoms with E-state index in [2.05, 4.69) is 41.2 Å². The zero-order valence-corrected chi connectivity index (χ0v) is 21.7. The third-order valence-corrected chi connectivity index (χ3v) is 13.2. The molecule has 33 heavy (non-hydrogen) atoms. The fourth-order valence-electron chi connectivity index (χ4n) is 11.2. The van der Waals surface area contributed by atoms with Crippen LogP contribution in [0.4, 0.5) is 0 Å². The molecule has 9 atom stereocenters. The predicted octanol–water partition coefficient (Wildman–Crippen LogP) is 6.38. The summed E-state index contributed by atoms with van der Waals surface area (Å²) in [7, 11) is 0. The lowest BCUT2D eigenvalue weighted by atomic mass is 9.32. The first-order valence-corrected chi connectivity index (χ1v) is 13.7. The lowest BCUT2D eigenvalue weighted by Gasteiger charge is -2.72. The summed E-state index contributed by atoms with van der Waals surface area (Å²) in [5, 5.41) is 9.96. The molecule has 5 aliphatic carbocycles. The molecule has 5 rings (SSSR count). The van der Waals surface area contributed by atoms with E-state index < -0.39 is 0 Å². The van der Waals surface area contributed by atoms with Gasteiger partial charge in [-0.2, -0.15) is 0 Å². The molecule has 0 spiro atoms. The van der Waals surface area contributed by atoms with Crippen molar-refractivity contribution in [3.63, 3.8) is 0 Å². The van der Waals surface area contributed by atoms with Crippen molar-refractivity contribution in [1.82, 2.24) is 0 Å². The van der Waals surface area contributed by atoms with E-state index in [0.717, 1.165) is 50.5 Å². The summed E-state index contributed by atoms with van der Waals surface area (Å²) in [6.07, 6.45) is 12.0. The molecule has 4 unspecified atom stereocenters. The number of hydrogen-bond donors (Lipinski definition) is 1. The van der Waals surface area contributed by atoms with Gasteiger partial charge in [0.25, 0.3) is 0 Å². The number of carbonyl (C=O) groups excluding carboxylic acids is 2. The molecule has 0 saturated heterocycles. The first-order chi connectivity index (χ1) is 15.4. The maximum absolute atomic E-state index is 12.9. The number of aliphatic hydroxyl groups excluding tert-OH is 1. The zero-order chi connectivity index (χ0) is 24.0. The number of rotatable bonds is 3. The maximum Gasteiger partial charge on any atom is 0.138 e. The predicted molar refractivity (Wildman–Crippen MR) is 131 cm³/mol. The van der Waals surface area contributed by atoms with Gasteiger partial charge in [0.2, 0.25) is 0 Å². The minimum atomic E-state index is -0.212. The summed E-state index contributed by atoms with van der Waals surface area (Å²) in [4.78, 5) is 25.5. The van der Waals surface area contributed by atoms with Crippen molar-refractivity contribution in [1.29, 1.82) is 0 Å². The fourth-order valence-corrected chi connectivity index (χ4v) is 11.2. The van der Waals surface area contributed by atoms with Crippen molar-refractivity contribution in [2.24, 2.45) is 56.7 Å². The van der Waals surface area contributed by atoms with E-state index in [1.807, 2.05) is 0 Å². The normalized spacial score (nSPS) is 52.8. The molecule has 0 heterocycles. The highest BCUT2D eigenvalue weighted by molar-refractivity contribution is 5.85. The molecular formula is C30H46O3. The molecule has 5 saturated carbocycles. The summed E-state index contributed by atoms with van der Waals surface area (Å²) in [6, 6.07) is 0. The molecule has 5 aliphatic rings. The molecule has 1 N–H and O–H groups in total. The van der Waals surface area contributed by atoms with E-state index in [-0.39, 0.29) is 39.6 Å². The van der Waals surface area contributed by atoms with Crippen LogP contribution in [-0.4, -0.2) is 23.8 Å². The van der Waals surface area contributed by atoms with Gasteiger partial charge in [-0.3, -0.25) is 4.79 Å². The Kier molecular flexibility index (Phi) is 5.24. The monoisotopic (exact) mass is 454 g/mol. The molecule has 0 aromatic carbocycles. The van der Waals surface area contributed by atoms with Crippen LogP contribution in [-0.2, 0) is 9.59 Å². The molecule has 0 bridgehead atoms. The smallest absolute Gasteiger partial charge is 0.138 e. The number of ketones is 1. The number of fused-ring (bicyclic) bond motifs is 7. The lowest BCUT2D eigenvalue weighted by Crippen LogP contribution is -2.66. The topological polar surface area (TPSA) is 54.4 Å². The van der Waals surface area contributed by atoms with Crippen LogP contribution in [0.3, 0.4) is 0 Å². The van der Waals surface area contributed by atoms with Gasteiger partial charge in [0, 0.05) is 17.3 Å². The number of Topliss-reactive ketones (excluding diaryl/α,β-unsaturated/α-hetero) is 1. The minimum Gasteiger partial charge on any atom is -0.392 e. The highest BCUT2D eigenvalue weighted by atomic mass is 16.3. The standard InChI is InChI=1S/C30H46O3/c1-19(17-31)20-9-14-30(18-32)16-15-28(5)21(25(20)30)7-8-23-27(4)12-11-24(33)26(2,3)22(27)10-13-29(23,28)6/h18,20-23,25,31H,1,7-17H2,2-6H3/t20-,21?,22?,23?,25?,27-,28+,29+,30+/m0/s1. The molecule has 5 fully saturated rings. The molecule has 0 radical (unpaired) electrons. The van der Waals surface area contributed by atoms with Crippen molar-refractivity contribution in [3.05, 3.63) is 12.2 Å². The second-order valence-corrected chi connectivity index (χ2v) is 14.2. The van der Waals surface area contributed by atoms with Gasteiger partial charge in [-0.05, 0) is 109 Å². The van der Waals surface area contributed by atoms with E-state index in [1.165, 1.54) is 25.5 Å². The van der Waals surface area contributed by atoms with Gasteiger partial charge in [-0.25, -0.2) is 0 Å². The van der Waals surface area contributed by atoms with Crippen molar-refractivity contribution in [2.75, 3.05) is 6.61 Å². The number of hydrogen-bond acceptors (Lipinski definition) is 3. The van der Waals surface area contributed by atoms with Crippen LogP contribution in [0, 0.1) is 56.7 Å². The second kappa shape index (κ2) is 7.28. The van der Waals surface area contributed by atoms with Gasteiger partial charge in [-0.15, -0.1) is 0 Å². The average Bonchev–Trinajstić information content (AvgIpc) is 3.17. The van der Waals surface area contributed by atoms with Gasteiger partial charge in [0.15, 0.2) is 0 Å². The molecule has 3 nitrogen and oxygen atoms in total. The van der Waals surface area contributed by atoms with E-state index in [1.54, 1.807) is 0 Å². The van der Waals surface area contributed by atoms with E-state index in [0.29, 0.717) is 29.5 Å². The van der Waals surface area contributed by atoms with Crippen molar-refractivity contribution in [2.45, 2.75) is 98.8 Å². The fraction of sp³-hybridized carbons (Fsp3) is 0.867. The van der Waals surface area contributed by atoms with Crippen LogP contribution in [0.25, 0.3) is 0 Å². The largest absolute Gasteiger partial charge is 0.392 e. The third kappa shape index (κ3) is 2.78. The van der Waals surface area contributed by atoms with Crippen LogP contribution in [0.5, 0.6) is 0 Å². The van der Waals surface area contributed by atoms with Gasteiger partial charge in [0.05, 0.1) is 6.61 Å². The zero-order valence-electron chi connectivity index (χ0n) is 21.7. The van der Waals surface area contributed by atoms with Crippen LogP contribution >= 0.6 is 0 Å². The quantitative estimate of drug-likeness (QED) is 0.397. The number of aldehydes is 1. The van der Waals surface area contributed by atoms with Crippen LogP contribution in [0.1, 0.15) is 98.8 Å². The van der Waals surface area contributed by atoms with Gasteiger partial charge in [0.1, 0.15) is 12.1 Å². The Balaban J connectivity index is 1.56. The van der Waals surface area contributed by atoms with Crippen molar-refractivity contribution < 1.29 is 14.7 Å². The summed E-state index contributed by atoms with van der Waals surface area (Å²) in [5.74, 6) is 2.73. The molecule has 0 amide bonds. The van der Waals surface area contributed by atoms with Crippen LogP contribution in [0.15, 0.2) is 12.2 Å². The lowest BCUT2D eigenvalue weighted by molar-refractivity contribution is -0.231. The summed E-state index contributed by atoms with van der Waals surface area (Å²) < 4.78 is 0. The van der Waals surface area contributed by atoms with Gasteiger partial charge >= 0.3 is 0 Å². The summed E-state index contributed by atoms with van der Waals surface area (Å²) in [6.45, 7) is 16.4. The summed E-state index contributed by atoms with van der Waals surface area (Å²) >= 11 is 0. The Morgan fingerprint density at radius 2 is 1.67 bits per heavy atom. The number of carbonyl (C=O) groups is 2. The van der Waals surface area contributed by atoms with E-state index in [9.17, 15) is 14.7 Å². The second-order valence-electron chi connectivity index (χ2n) is 14.2. The Morgan fingerprint density at radius 1 is 0.939 bits per heavy atom. The van der Waals surface area contributed by atoms with Gasteiger partial charge < -0.3 is 9.90 Å². The Hall–Kier alpha value is -0.960. The highest BCUT2D eigenvalue weighted by Crippen LogP contribution is 2.77. The highest BCUT2D eigenvalue weighted by Gasteiger charge is 2.70. The molecule has 0 aromatic rings. The molecule has 0 aliphatic heterocycles. The van der Waals surface area contributed by atoms with Gasteiger partial charge in [-0.1, -0.05) is 41.2 Å². The minimum absolute atomic E-state index is 0.0439. The van der Waals surface area contributed by atoms with Crippen molar-refractivity contribution >= 4 is 12.1 Å². The summed E-state index contributed by atoms with van der Waals surface area (Å²) in [5.41, 5.74) is 1.19. The molecule has 184 valence electrons.